The first-order valence-corrected chi connectivity index (χ1v) is 8.85. The number of halogens is 2. The fraction of sp³-hybridized carbons (Fsp3) is 0.0556. The van der Waals surface area contributed by atoms with Crippen molar-refractivity contribution in [1.82, 2.24) is 4.90 Å². The van der Waals surface area contributed by atoms with Crippen molar-refractivity contribution in [3.8, 4) is 0 Å². The largest absolute Gasteiger partial charge is 0.293 e. The van der Waals surface area contributed by atoms with Crippen LogP contribution >= 0.6 is 27.7 Å². The standard InChI is InChI=1S/C18H11BrFNO3S/c19-14-4-2-1-3-12(14)9-16-17(23)21(18(24)25-16)10-15(22)11-5-7-13(20)8-6-11/h1-9H,10H2/b16-9+. The third-order valence-electron chi connectivity index (χ3n) is 3.53. The van der Waals surface area contributed by atoms with Gasteiger partial charge in [0.25, 0.3) is 11.1 Å². The Balaban J connectivity index is 1.79. The van der Waals surface area contributed by atoms with Crippen LogP contribution in [0.4, 0.5) is 9.18 Å². The van der Waals surface area contributed by atoms with Gasteiger partial charge in [-0.25, -0.2) is 4.39 Å². The van der Waals surface area contributed by atoms with E-state index in [2.05, 4.69) is 15.9 Å². The number of hydrogen-bond donors (Lipinski definition) is 0. The molecule has 25 heavy (non-hydrogen) atoms. The average molecular weight is 420 g/mol. The van der Waals surface area contributed by atoms with E-state index in [-0.39, 0.29) is 17.0 Å². The maximum atomic E-state index is 12.9. The van der Waals surface area contributed by atoms with Crippen molar-refractivity contribution in [3.63, 3.8) is 0 Å². The van der Waals surface area contributed by atoms with Crippen LogP contribution in [0.3, 0.4) is 0 Å². The van der Waals surface area contributed by atoms with Gasteiger partial charge in [0.2, 0.25) is 0 Å². The number of ketones is 1. The quantitative estimate of drug-likeness (QED) is 0.540. The molecule has 2 aromatic rings. The number of carbonyl (C=O) groups excluding carboxylic acids is 3. The maximum absolute atomic E-state index is 12.9. The zero-order valence-corrected chi connectivity index (χ0v) is 15.1. The molecule has 126 valence electrons. The zero-order valence-electron chi connectivity index (χ0n) is 12.7. The van der Waals surface area contributed by atoms with Crippen molar-refractivity contribution in [2.24, 2.45) is 0 Å². The number of carbonyl (C=O) groups is 3. The number of Topliss-reactive ketones (excluding diaryl/α,β-unsaturated/α-hetero) is 1. The Kier molecular flexibility index (Phi) is 5.15. The minimum Gasteiger partial charge on any atom is -0.292 e. The minimum absolute atomic E-state index is 0.246. The van der Waals surface area contributed by atoms with Gasteiger partial charge < -0.3 is 0 Å². The molecule has 0 saturated carbocycles. The summed E-state index contributed by atoms with van der Waals surface area (Å²) in [7, 11) is 0. The summed E-state index contributed by atoms with van der Waals surface area (Å²) in [5.41, 5.74) is 1.01. The Labute approximate surface area is 155 Å². The summed E-state index contributed by atoms with van der Waals surface area (Å²) >= 11 is 4.17. The second kappa shape index (κ2) is 7.33. The van der Waals surface area contributed by atoms with E-state index in [1.165, 1.54) is 12.1 Å². The molecule has 0 aliphatic carbocycles. The van der Waals surface area contributed by atoms with E-state index < -0.39 is 22.7 Å². The zero-order chi connectivity index (χ0) is 18.0. The minimum atomic E-state index is -0.513. The molecule has 0 bridgehead atoms. The number of nitrogens with zero attached hydrogens (tertiary/aromatic N) is 1. The van der Waals surface area contributed by atoms with E-state index in [9.17, 15) is 18.8 Å². The van der Waals surface area contributed by atoms with Crippen LogP contribution in [0.15, 0.2) is 57.9 Å². The van der Waals surface area contributed by atoms with E-state index in [4.69, 9.17) is 0 Å². The number of hydrogen-bond acceptors (Lipinski definition) is 4. The summed E-state index contributed by atoms with van der Waals surface area (Å²) in [5, 5.41) is -0.501. The maximum Gasteiger partial charge on any atom is 0.293 e. The number of thioether (sulfide) groups is 1. The molecule has 1 aliphatic heterocycles. The first kappa shape index (κ1) is 17.6. The highest BCUT2D eigenvalue weighted by atomic mass is 79.9. The molecule has 0 spiro atoms. The number of imide groups is 1. The monoisotopic (exact) mass is 419 g/mol. The SMILES string of the molecule is O=C(CN1C(=O)S/C(=C/c2ccccc2Br)C1=O)c1ccc(F)cc1. The Morgan fingerprint density at radius 1 is 1.12 bits per heavy atom. The molecule has 1 aliphatic rings. The molecular weight excluding hydrogens is 409 g/mol. The van der Waals surface area contributed by atoms with Crippen molar-refractivity contribution in [3.05, 3.63) is 74.9 Å². The number of rotatable bonds is 4. The lowest BCUT2D eigenvalue weighted by molar-refractivity contribution is -0.122. The number of amides is 2. The van der Waals surface area contributed by atoms with E-state index >= 15 is 0 Å². The van der Waals surface area contributed by atoms with Crippen LogP contribution < -0.4 is 0 Å². The van der Waals surface area contributed by atoms with Gasteiger partial charge in [-0.1, -0.05) is 34.1 Å². The van der Waals surface area contributed by atoms with Gasteiger partial charge in [0.05, 0.1) is 11.4 Å². The van der Waals surface area contributed by atoms with E-state index in [0.717, 1.165) is 38.8 Å². The normalized spacial score (nSPS) is 15.9. The van der Waals surface area contributed by atoms with Gasteiger partial charge in [-0.3, -0.25) is 19.3 Å². The summed E-state index contributed by atoms with van der Waals surface area (Å²) in [6.45, 7) is -0.371. The fourth-order valence-corrected chi connectivity index (χ4v) is 3.47. The molecule has 3 rings (SSSR count). The molecule has 1 fully saturated rings. The van der Waals surface area contributed by atoms with Crippen molar-refractivity contribution in [1.29, 1.82) is 0 Å². The van der Waals surface area contributed by atoms with Crippen LogP contribution in [0.1, 0.15) is 15.9 Å². The molecule has 0 aromatic heterocycles. The molecule has 0 atom stereocenters. The Morgan fingerprint density at radius 2 is 1.80 bits per heavy atom. The molecule has 0 radical (unpaired) electrons. The Morgan fingerprint density at radius 3 is 2.48 bits per heavy atom. The van der Waals surface area contributed by atoms with Crippen LogP contribution in [0.25, 0.3) is 6.08 Å². The predicted octanol–water partition coefficient (Wildman–Crippen LogP) is 4.51. The highest BCUT2D eigenvalue weighted by Gasteiger charge is 2.36. The van der Waals surface area contributed by atoms with Gasteiger partial charge in [0.15, 0.2) is 5.78 Å². The summed E-state index contributed by atoms with van der Waals surface area (Å²) in [6.07, 6.45) is 1.61. The lowest BCUT2D eigenvalue weighted by Crippen LogP contribution is -2.33. The van der Waals surface area contributed by atoms with Crippen LogP contribution in [0.2, 0.25) is 0 Å². The third kappa shape index (κ3) is 3.88. The van der Waals surface area contributed by atoms with Crippen LogP contribution in [-0.4, -0.2) is 28.4 Å². The summed E-state index contributed by atoms with van der Waals surface area (Å²) < 4.78 is 13.7. The average Bonchev–Trinajstić information content (AvgIpc) is 2.85. The lowest BCUT2D eigenvalue weighted by Gasteiger charge is -2.11. The van der Waals surface area contributed by atoms with Crippen molar-refractivity contribution >= 4 is 50.7 Å². The van der Waals surface area contributed by atoms with Gasteiger partial charge >= 0.3 is 0 Å². The molecule has 0 N–H and O–H groups in total. The molecule has 1 heterocycles. The number of benzene rings is 2. The molecule has 0 unspecified atom stereocenters. The van der Waals surface area contributed by atoms with Crippen LogP contribution in [0.5, 0.6) is 0 Å². The van der Waals surface area contributed by atoms with Gasteiger partial charge in [-0.2, -0.15) is 0 Å². The van der Waals surface area contributed by atoms with Crippen LogP contribution in [0, 0.1) is 5.82 Å². The van der Waals surface area contributed by atoms with Crippen LogP contribution in [-0.2, 0) is 4.79 Å². The van der Waals surface area contributed by atoms with E-state index in [1.807, 2.05) is 24.3 Å². The fourth-order valence-electron chi connectivity index (χ4n) is 2.24. The van der Waals surface area contributed by atoms with E-state index in [0.29, 0.717) is 0 Å². The molecular formula is C18H11BrFNO3S. The molecule has 4 nitrogen and oxygen atoms in total. The molecule has 7 heteroatoms. The second-order valence-corrected chi connectivity index (χ2v) is 7.07. The molecule has 2 aromatic carbocycles. The predicted molar refractivity (Wildman–Crippen MR) is 97.5 cm³/mol. The van der Waals surface area contributed by atoms with Gasteiger partial charge in [0, 0.05) is 10.0 Å². The highest BCUT2D eigenvalue weighted by molar-refractivity contribution is 9.10. The van der Waals surface area contributed by atoms with Crippen molar-refractivity contribution < 1.29 is 18.8 Å². The molecule has 1 saturated heterocycles. The second-order valence-electron chi connectivity index (χ2n) is 5.22. The third-order valence-corrected chi connectivity index (χ3v) is 5.16. The first-order valence-electron chi connectivity index (χ1n) is 7.24. The summed E-state index contributed by atoms with van der Waals surface area (Å²) in [6, 6.07) is 12.3. The van der Waals surface area contributed by atoms with Gasteiger partial charge in [0.1, 0.15) is 5.82 Å². The molecule has 2 amide bonds. The smallest absolute Gasteiger partial charge is 0.292 e. The highest BCUT2D eigenvalue weighted by Crippen LogP contribution is 2.33. The van der Waals surface area contributed by atoms with Crippen molar-refractivity contribution in [2.45, 2.75) is 0 Å². The Bertz CT molecular complexity index is 895. The lowest BCUT2D eigenvalue weighted by atomic mass is 10.1. The topological polar surface area (TPSA) is 54.5 Å². The van der Waals surface area contributed by atoms with E-state index in [1.54, 1.807) is 6.08 Å². The summed E-state index contributed by atoms with van der Waals surface area (Å²) in [4.78, 5) is 37.9. The van der Waals surface area contributed by atoms with Crippen molar-refractivity contribution in [2.75, 3.05) is 6.54 Å². The first-order chi connectivity index (χ1) is 12.0. The van der Waals surface area contributed by atoms with Gasteiger partial charge in [-0.05, 0) is 53.7 Å². The summed E-state index contributed by atoms with van der Waals surface area (Å²) in [5.74, 6) is -1.40. The van der Waals surface area contributed by atoms with Gasteiger partial charge in [-0.15, -0.1) is 0 Å². The Hall–Kier alpha value is -2.25.